The lowest BCUT2D eigenvalue weighted by molar-refractivity contribution is -0.135. The van der Waals surface area contributed by atoms with Gasteiger partial charge in [0.15, 0.2) is 0 Å². The maximum Gasteiger partial charge on any atom is 0.307 e. The summed E-state index contributed by atoms with van der Waals surface area (Å²) in [5, 5.41) is 14.7. The molecule has 5 nitrogen and oxygen atoms in total. The normalized spacial score (nSPS) is 12.0. The number of hydrogen-bond acceptors (Lipinski definition) is 4. The molecule has 0 aliphatic carbocycles. The van der Waals surface area contributed by atoms with Gasteiger partial charge in [0, 0.05) is 23.8 Å². The molecule has 0 atom stereocenters. The van der Waals surface area contributed by atoms with E-state index in [0.717, 1.165) is 10.2 Å². The molecule has 3 rings (SSSR count). The molecule has 0 unspecified atom stereocenters. The Labute approximate surface area is 135 Å². The number of hydrogen-bond donors (Lipinski definition) is 1. The number of nitrogens with zero attached hydrogens (tertiary/aromatic N) is 3. The largest absolute Gasteiger partial charge is 0.481 e. The van der Waals surface area contributed by atoms with Crippen molar-refractivity contribution in [2.45, 2.75) is 6.42 Å². The van der Waals surface area contributed by atoms with E-state index in [1.807, 2.05) is 25.4 Å². The van der Waals surface area contributed by atoms with Crippen LogP contribution in [0.3, 0.4) is 0 Å². The predicted molar refractivity (Wildman–Crippen MR) is 88.0 cm³/mol. The van der Waals surface area contributed by atoms with E-state index >= 15 is 0 Å². The number of halogens is 1. The molecular formula is C15H12ClN3O2S. The molecule has 112 valence electrons. The summed E-state index contributed by atoms with van der Waals surface area (Å²) in [7, 11) is 1.81. The Balaban J connectivity index is 2.07. The van der Waals surface area contributed by atoms with E-state index in [2.05, 4.69) is 10.1 Å². The van der Waals surface area contributed by atoms with Crippen LogP contribution >= 0.6 is 22.9 Å². The summed E-state index contributed by atoms with van der Waals surface area (Å²) >= 11 is 7.41. The molecule has 3 aromatic rings. The highest BCUT2D eigenvalue weighted by molar-refractivity contribution is 7.19. The van der Waals surface area contributed by atoms with Gasteiger partial charge in [-0.3, -0.25) is 9.48 Å². The molecule has 0 bridgehead atoms. The number of aliphatic carboxylic acids is 1. The minimum Gasteiger partial charge on any atom is -0.481 e. The minimum absolute atomic E-state index is 0.107. The van der Waals surface area contributed by atoms with Gasteiger partial charge in [-0.05, 0) is 30.3 Å². The van der Waals surface area contributed by atoms with Crippen molar-refractivity contribution in [1.29, 1.82) is 0 Å². The first-order valence-corrected chi connectivity index (χ1v) is 7.69. The summed E-state index contributed by atoms with van der Waals surface area (Å²) in [5.74, 6) is -0.903. The summed E-state index contributed by atoms with van der Waals surface area (Å²) in [4.78, 5) is 15.6. The zero-order chi connectivity index (χ0) is 15.7. The second-order valence-electron chi connectivity index (χ2n) is 4.79. The number of fused-ring (bicyclic) bond motifs is 1. The predicted octanol–water partition coefficient (Wildman–Crippen LogP) is 3.70. The molecule has 1 N–H and O–H groups in total. The van der Waals surface area contributed by atoms with Crippen molar-refractivity contribution < 1.29 is 9.90 Å². The van der Waals surface area contributed by atoms with E-state index in [0.29, 0.717) is 21.3 Å². The molecule has 2 aromatic heterocycles. The molecule has 0 radical (unpaired) electrons. The maximum atomic E-state index is 11.1. The van der Waals surface area contributed by atoms with Crippen LogP contribution in [-0.4, -0.2) is 25.8 Å². The van der Waals surface area contributed by atoms with Crippen LogP contribution in [0.1, 0.15) is 17.1 Å². The lowest BCUT2D eigenvalue weighted by Gasteiger charge is -1.99. The number of rotatable bonds is 4. The monoisotopic (exact) mass is 333 g/mol. The zero-order valence-corrected chi connectivity index (χ0v) is 13.2. The number of carboxylic acids is 1. The van der Waals surface area contributed by atoms with Gasteiger partial charge in [0.2, 0.25) is 0 Å². The van der Waals surface area contributed by atoms with Crippen molar-refractivity contribution in [1.82, 2.24) is 14.8 Å². The van der Waals surface area contributed by atoms with Gasteiger partial charge in [0.1, 0.15) is 5.01 Å². The SMILES string of the molecule is Cn1ccc(C=C(CC(=O)O)c2nc3cc(Cl)ccc3s2)n1. The fraction of sp³-hybridized carbons (Fsp3) is 0.133. The molecule has 0 saturated heterocycles. The van der Waals surface area contributed by atoms with E-state index in [1.54, 1.807) is 22.9 Å². The highest BCUT2D eigenvalue weighted by atomic mass is 35.5. The van der Waals surface area contributed by atoms with Crippen molar-refractivity contribution in [2.24, 2.45) is 7.05 Å². The Morgan fingerprint density at radius 2 is 2.27 bits per heavy atom. The molecule has 0 fully saturated rings. The van der Waals surface area contributed by atoms with Gasteiger partial charge in [-0.25, -0.2) is 4.98 Å². The van der Waals surface area contributed by atoms with Gasteiger partial charge in [-0.1, -0.05) is 11.6 Å². The van der Waals surface area contributed by atoms with Crippen LogP contribution in [0, 0.1) is 0 Å². The maximum absolute atomic E-state index is 11.1. The number of carbonyl (C=O) groups is 1. The van der Waals surface area contributed by atoms with Crippen molar-refractivity contribution in [3.05, 3.63) is 46.2 Å². The summed E-state index contributed by atoms with van der Waals surface area (Å²) in [6.07, 6.45) is 3.46. The second-order valence-corrected chi connectivity index (χ2v) is 6.25. The summed E-state index contributed by atoms with van der Waals surface area (Å²) < 4.78 is 2.64. The summed E-state index contributed by atoms with van der Waals surface area (Å²) in [6, 6.07) is 7.28. The van der Waals surface area contributed by atoms with Crippen LogP contribution in [0.2, 0.25) is 5.02 Å². The average Bonchev–Trinajstić information content (AvgIpc) is 3.03. The van der Waals surface area contributed by atoms with E-state index in [-0.39, 0.29) is 6.42 Å². The Morgan fingerprint density at radius 3 is 2.95 bits per heavy atom. The van der Waals surface area contributed by atoms with Gasteiger partial charge in [0.25, 0.3) is 0 Å². The Kier molecular flexibility index (Phi) is 3.96. The third-order valence-corrected chi connectivity index (χ3v) is 4.37. The van der Waals surface area contributed by atoms with Gasteiger partial charge < -0.3 is 5.11 Å². The highest BCUT2D eigenvalue weighted by Crippen LogP contribution is 2.31. The van der Waals surface area contributed by atoms with Crippen molar-refractivity contribution in [3.8, 4) is 0 Å². The summed E-state index contributed by atoms with van der Waals surface area (Å²) in [6.45, 7) is 0. The second kappa shape index (κ2) is 5.90. The molecule has 0 spiro atoms. The molecule has 1 aromatic carbocycles. The quantitative estimate of drug-likeness (QED) is 0.790. The zero-order valence-electron chi connectivity index (χ0n) is 11.7. The fourth-order valence-corrected chi connectivity index (χ4v) is 3.20. The van der Waals surface area contributed by atoms with Gasteiger partial charge in [-0.15, -0.1) is 11.3 Å². The van der Waals surface area contributed by atoms with Crippen molar-refractivity contribution in [2.75, 3.05) is 0 Å². The number of aryl methyl sites for hydroxylation is 1. The molecule has 0 aliphatic heterocycles. The first kappa shape index (κ1) is 14.7. The van der Waals surface area contributed by atoms with Crippen LogP contribution < -0.4 is 0 Å². The molecule has 0 amide bonds. The van der Waals surface area contributed by atoms with Crippen LogP contribution in [0.25, 0.3) is 21.9 Å². The van der Waals surface area contributed by atoms with Crippen LogP contribution in [0.5, 0.6) is 0 Å². The topological polar surface area (TPSA) is 68.0 Å². The van der Waals surface area contributed by atoms with E-state index in [4.69, 9.17) is 16.7 Å². The van der Waals surface area contributed by atoms with Crippen molar-refractivity contribution in [3.63, 3.8) is 0 Å². The van der Waals surface area contributed by atoms with Crippen LogP contribution in [-0.2, 0) is 11.8 Å². The Bertz CT molecular complexity index is 882. The third kappa shape index (κ3) is 3.18. The number of thiazole rings is 1. The average molecular weight is 334 g/mol. The molecule has 2 heterocycles. The Morgan fingerprint density at radius 1 is 1.45 bits per heavy atom. The number of aromatic nitrogens is 3. The molecule has 22 heavy (non-hydrogen) atoms. The lowest BCUT2D eigenvalue weighted by Crippen LogP contribution is -1.97. The van der Waals surface area contributed by atoms with Crippen molar-refractivity contribution >= 4 is 50.8 Å². The Hall–Kier alpha value is -2.18. The van der Waals surface area contributed by atoms with E-state index in [9.17, 15) is 4.79 Å². The smallest absolute Gasteiger partial charge is 0.307 e. The lowest BCUT2D eigenvalue weighted by atomic mass is 10.1. The molecular weight excluding hydrogens is 322 g/mol. The first-order chi connectivity index (χ1) is 10.5. The minimum atomic E-state index is -0.903. The van der Waals surface area contributed by atoms with E-state index in [1.165, 1.54) is 11.3 Å². The molecule has 0 aliphatic rings. The molecule has 7 heteroatoms. The number of carboxylic acid groups (broad SMARTS) is 1. The summed E-state index contributed by atoms with van der Waals surface area (Å²) in [5.41, 5.74) is 2.10. The van der Waals surface area contributed by atoms with Crippen LogP contribution in [0.4, 0.5) is 0 Å². The first-order valence-electron chi connectivity index (χ1n) is 6.50. The molecule has 0 saturated carbocycles. The van der Waals surface area contributed by atoms with Gasteiger partial charge >= 0.3 is 5.97 Å². The van der Waals surface area contributed by atoms with E-state index < -0.39 is 5.97 Å². The fourth-order valence-electron chi connectivity index (χ4n) is 2.08. The number of benzene rings is 1. The highest BCUT2D eigenvalue weighted by Gasteiger charge is 2.13. The van der Waals surface area contributed by atoms with Gasteiger partial charge in [-0.2, -0.15) is 5.10 Å². The van der Waals surface area contributed by atoms with Gasteiger partial charge in [0.05, 0.1) is 22.3 Å². The van der Waals surface area contributed by atoms with Crippen LogP contribution in [0.15, 0.2) is 30.5 Å². The standard InChI is InChI=1S/C15H12ClN3O2S/c1-19-5-4-11(18-19)6-9(7-14(20)21)15-17-12-8-10(16)2-3-13(12)22-15/h2-6,8H,7H2,1H3,(H,20,21). The third-order valence-electron chi connectivity index (χ3n) is 3.02.